The molecule has 0 aliphatic heterocycles. The molecule has 1 aromatic carbocycles. The number of nitrogens with zero attached hydrogens (tertiary/aromatic N) is 1. The van der Waals surface area contributed by atoms with Crippen LogP contribution in [0.4, 0.5) is 5.69 Å². The van der Waals surface area contributed by atoms with Gasteiger partial charge >= 0.3 is 0 Å². The first-order valence-corrected chi connectivity index (χ1v) is 8.19. The van der Waals surface area contributed by atoms with Crippen LogP contribution in [0.25, 0.3) is 11.0 Å². The summed E-state index contributed by atoms with van der Waals surface area (Å²) in [5.41, 5.74) is 1.92. The number of halogens is 1. The van der Waals surface area contributed by atoms with Gasteiger partial charge in [-0.05, 0) is 31.4 Å². The summed E-state index contributed by atoms with van der Waals surface area (Å²) in [7, 11) is 0. The van der Waals surface area contributed by atoms with Gasteiger partial charge in [0.25, 0.3) is 5.91 Å². The average Bonchev–Trinajstić information content (AvgIpc) is 2.87. The van der Waals surface area contributed by atoms with Gasteiger partial charge in [-0.15, -0.1) is 11.8 Å². The van der Waals surface area contributed by atoms with Gasteiger partial charge in [0.2, 0.25) is 0 Å². The van der Waals surface area contributed by atoms with Crippen molar-refractivity contribution >= 4 is 45.9 Å². The monoisotopic (exact) mass is 332 g/mol. The zero-order chi connectivity index (χ0) is 15.7. The molecule has 2 aromatic heterocycles. The van der Waals surface area contributed by atoms with Crippen molar-refractivity contribution in [3.63, 3.8) is 0 Å². The minimum absolute atomic E-state index is 0.261. The van der Waals surface area contributed by atoms with Crippen molar-refractivity contribution in [2.45, 2.75) is 11.9 Å². The molecule has 0 saturated carbocycles. The molecule has 0 unspecified atom stereocenters. The predicted molar refractivity (Wildman–Crippen MR) is 89.9 cm³/mol. The van der Waals surface area contributed by atoms with Crippen molar-refractivity contribution in [3.05, 3.63) is 52.9 Å². The van der Waals surface area contributed by atoms with Gasteiger partial charge in [0.1, 0.15) is 0 Å². The number of furan rings is 1. The van der Waals surface area contributed by atoms with E-state index in [1.807, 2.05) is 37.4 Å². The molecule has 0 saturated heterocycles. The SMILES string of the molecule is CSc1ccc(NC(=O)c2oc3c(Cl)cccc3c2C)cn1. The Bertz CT molecular complexity index is 843. The van der Waals surface area contributed by atoms with Crippen LogP contribution in [-0.2, 0) is 0 Å². The molecule has 1 N–H and O–H groups in total. The number of hydrogen-bond acceptors (Lipinski definition) is 4. The number of aromatic nitrogens is 1. The molecule has 0 bridgehead atoms. The lowest BCUT2D eigenvalue weighted by Gasteiger charge is -2.04. The molecule has 0 spiro atoms. The van der Waals surface area contributed by atoms with Crippen molar-refractivity contribution in [3.8, 4) is 0 Å². The highest BCUT2D eigenvalue weighted by atomic mass is 35.5. The number of para-hydroxylation sites is 1. The standard InChI is InChI=1S/C16H13ClN2O2S/c1-9-11-4-3-5-12(17)15(11)21-14(9)16(20)19-10-6-7-13(22-2)18-8-10/h3-8H,1-2H3,(H,19,20). The van der Waals surface area contributed by atoms with Gasteiger partial charge in [0.15, 0.2) is 11.3 Å². The van der Waals surface area contributed by atoms with Gasteiger partial charge < -0.3 is 9.73 Å². The Morgan fingerprint density at radius 1 is 1.32 bits per heavy atom. The van der Waals surface area contributed by atoms with E-state index in [1.54, 1.807) is 24.0 Å². The van der Waals surface area contributed by atoms with Crippen LogP contribution in [0.2, 0.25) is 5.02 Å². The van der Waals surface area contributed by atoms with Crippen LogP contribution in [-0.4, -0.2) is 17.1 Å². The highest BCUT2D eigenvalue weighted by Gasteiger charge is 2.19. The molecule has 4 nitrogen and oxygen atoms in total. The third-order valence-electron chi connectivity index (χ3n) is 3.33. The van der Waals surface area contributed by atoms with Gasteiger partial charge in [0, 0.05) is 10.9 Å². The summed E-state index contributed by atoms with van der Waals surface area (Å²) in [5, 5.41) is 5.01. The normalized spacial score (nSPS) is 10.9. The first-order chi connectivity index (χ1) is 10.6. The summed E-state index contributed by atoms with van der Waals surface area (Å²) in [6, 6.07) is 9.11. The Balaban J connectivity index is 1.91. The number of carbonyl (C=O) groups is 1. The third kappa shape index (κ3) is 2.69. The number of carbonyl (C=O) groups excluding carboxylic acids is 1. The molecule has 2 heterocycles. The number of anilines is 1. The van der Waals surface area contributed by atoms with E-state index in [2.05, 4.69) is 10.3 Å². The second kappa shape index (κ2) is 6.02. The Morgan fingerprint density at radius 3 is 2.77 bits per heavy atom. The smallest absolute Gasteiger partial charge is 0.291 e. The number of fused-ring (bicyclic) bond motifs is 1. The summed E-state index contributed by atoms with van der Waals surface area (Å²) in [6.45, 7) is 1.84. The summed E-state index contributed by atoms with van der Waals surface area (Å²) < 4.78 is 5.64. The zero-order valence-corrected chi connectivity index (χ0v) is 13.6. The fourth-order valence-electron chi connectivity index (χ4n) is 2.19. The van der Waals surface area contributed by atoms with E-state index >= 15 is 0 Å². The van der Waals surface area contributed by atoms with Crippen LogP contribution in [0.15, 0.2) is 46.0 Å². The Hall–Kier alpha value is -1.98. The van der Waals surface area contributed by atoms with E-state index in [9.17, 15) is 4.79 Å². The third-order valence-corrected chi connectivity index (χ3v) is 4.28. The summed E-state index contributed by atoms with van der Waals surface area (Å²) in [5.74, 6) is -0.0551. The first-order valence-electron chi connectivity index (χ1n) is 6.59. The van der Waals surface area contributed by atoms with E-state index in [-0.39, 0.29) is 11.7 Å². The number of hydrogen-bond donors (Lipinski definition) is 1. The summed E-state index contributed by atoms with van der Waals surface area (Å²) in [4.78, 5) is 16.6. The van der Waals surface area contributed by atoms with Crippen LogP contribution in [0.1, 0.15) is 16.1 Å². The van der Waals surface area contributed by atoms with Crippen LogP contribution < -0.4 is 5.32 Å². The second-order valence-corrected chi connectivity index (χ2v) is 5.95. The summed E-state index contributed by atoms with van der Waals surface area (Å²) in [6.07, 6.45) is 3.57. The Morgan fingerprint density at radius 2 is 2.14 bits per heavy atom. The zero-order valence-electron chi connectivity index (χ0n) is 12.0. The van der Waals surface area contributed by atoms with Crippen molar-refractivity contribution in [1.82, 2.24) is 4.98 Å². The molecule has 0 atom stereocenters. The molecule has 1 amide bonds. The number of nitrogens with one attached hydrogen (secondary N) is 1. The average molecular weight is 333 g/mol. The van der Waals surface area contributed by atoms with Crippen LogP contribution in [0, 0.1) is 6.92 Å². The van der Waals surface area contributed by atoms with Crippen LogP contribution >= 0.6 is 23.4 Å². The van der Waals surface area contributed by atoms with Crippen molar-refractivity contribution in [2.75, 3.05) is 11.6 Å². The molecule has 6 heteroatoms. The molecule has 0 aliphatic rings. The minimum atomic E-state index is -0.316. The lowest BCUT2D eigenvalue weighted by Crippen LogP contribution is -2.12. The van der Waals surface area contributed by atoms with Gasteiger partial charge in [-0.2, -0.15) is 0 Å². The molecule has 3 aromatic rings. The van der Waals surface area contributed by atoms with Crippen LogP contribution in [0.5, 0.6) is 0 Å². The van der Waals surface area contributed by atoms with E-state index in [0.717, 1.165) is 16.0 Å². The van der Waals surface area contributed by atoms with E-state index in [0.29, 0.717) is 16.3 Å². The molecule has 0 radical (unpaired) electrons. The topological polar surface area (TPSA) is 55.1 Å². The fraction of sp³-hybridized carbons (Fsp3) is 0.125. The highest BCUT2D eigenvalue weighted by molar-refractivity contribution is 7.98. The maximum Gasteiger partial charge on any atom is 0.291 e. The van der Waals surface area contributed by atoms with Gasteiger partial charge in [-0.1, -0.05) is 23.7 Å². The molecule has 0 aliphatic carbocycles. The molecule has 0 fully saturated rings. The predicted octanol–water partition coefficient (Wildman–Crippen LogP) is 4.76. The molecule has 3 rings (SSSR count). The minimum Gasteiger partial charge on any atom is -0.449 e. The largest absolute Gasteiger partial charge is 0.449 e. The number of aryl methyl sites for hydroxylation is 1. The maximum atomic E-state index is 12.4. The maximum absolute atomic E-state index is 12.4. The molecule has 22 heavy (non-hydrogen) atoms. The van der Waals surface area contributed by atoms with Crippen molar-refractivity contribution < 1.29 is 9.21 Å². The molecule has 112 valence electrons. The number of pyridine rings is 1. The van der Waals surface area contributed by atoms with Crippen molar-refractivity contribution in [1.29, 1.82) is 0 Å². The lowest BCUT2D eigenvalue weighted by atomic mass is 10.1. The van der Waals surface area contributed by atoms with E-state index < -0.39 is 0 Å². The molecular formula is C16H13ClN2O2S. The van der Waals surface area contributed by atoms with E-state index in [4.69, 9.17) is 16.0 Å². The lowest BCUT2D eigenvalue weighted by molar-refractivity contribution is 0.0998. The Kier molecular flexibility index (Phi) is 4.09. The van der Waals surface area contributed by atoms with Gasteiger partial charge in [-0.25, -0.2) is 4.98 Å². The molecular weight excluding hydrogens is 320 g/mol. The van der Waals surface area contributed by atoms with Crippen LogP contribution in [0.3, 0.4) is 0 Å². The first kappa shape index (κ1) is 14.9. The number of thioether (sulfide) groups is 1. The Labute approximate surface area is 136 Å². The quantitative estimate of drug-likeness (QED) is 0.702. The van der Waals surface area contributed by atoms with Gasteiger partial charge in [0.05, 0.1) is 21.9 Å². The number of amides is 1. The fourth-order valence-corrected chi connectivity index (χ4v) is 2.76. The summed E-state index contributed by atoms with van der Waals surface area (Å²) >= 11 is 7.65. The number of benzene rings is 1. The van der Waals surface area contributed by atoms with E-state index in [1.165, 1.54) is 0 Å². The second-order valence-electron chi connectivity index (χ2n) is 4.72. The van der Waals surface area contributed by atoms with Crippen molar-refractivity contribution in [2.24, 2.45) is 0 Å². The highest BCUT2D eigenvalue weighted by Crippen LogP contribution is 2.31. The van der Waals surface area contributed by atoms with Gasteiger partial charge in [-0.3, -0.25) is 4.79 Å². The number of rotatable bonds is 3.